The normalized spacial score (nSPS) is 32.1. The van der Waals surface area contributed by atoms with Crippen LogP contribution in [0, 0.1) is 11.8 Å². The fraction of sp³-hybridized carbons (Fsp3) is 0.917. The highest BCUT2D eigenvalue weighted by Gasteiger charge is 2.34. The van der Waals surface area contributed by atoms with Crippen LogP contribution in [0.2, 0.25) is 0 Å². The van der Waals surface area contributed by atoms with Gasteiger partial charge < -0.3 is 10.2 Å². The second-order valence-electron chi connectivity index (χ2n) is 5.13. The molecule has 2 aliphatic rings. The van der Waals surface area contributed by atoms with Crippen molar-refractivity contribution in [2.45, 2.75) is 38.6 Å². The molecule has 0 bridgehead atoms. The zero-order valence-electron chi connectivity index (χ0n) is 9.83. The first-order valence-electron chi connectivity index (χ1n) is 6.17. The molecular weight excluding hydrogens is 188 g/mol. The maximum Gasteiger partial charge on any atom is 0.227 e. The number of amides is 1. The summed E-state index contributed by atoms with van der Waals surface area (Å²) in [7, 11) is 1.99. The first-order valence-corrected chi connectivity index (χ1v) is 6.17. The lowest BCUT2D eigenvalue weighted by Crippen LogP contribution is -2.41. The third-order valence-electron chi connectivity index (χ3n) is 4.05. The predicted molar refractivity (Wildman–Crippen MR) is 60.5 cm³/mol. The smallest absolute Gasteiger partial charge is 0.227 e. The third kappa shape index (κ3) is 2.17. The van der Waals surface area contributed by atoms with Gasteiger partial charge in [0.1, 0.15) is 0 Å². The van der Waals surface area contributed by atoms with Crippen molar-refractivity contribution in [1.29, 1.82) is 0 Å². The van der Waals surface area contributed by atoms with Crippen LogP contribution in [0.25, 0.3) is 0 Å². The Morgan fingerprint density at radius 1 is 1.27 bits per heavy atom. The lowest BCUT2D eigenvalue weighted by molar-refractivity contribution is -0.136. The Labute approximate surface area is 92.2 Å². The van der Waals surface area contributed by atoms with E-state index in [9.17, 15) is 4.79 Å². The maximum atomic E-state index is 12.2. The highest BCUT2D eigenvalue weighted by molar-refractivity contribution is 5.79. The van der Waals surface area contributed by atoms with Gasteiger partial charge in [0.15, 0.2) is 0 Å². The third-order valence-corrected chi connectivity index (χ3v) is 4.05. The lowest BCUT2D eigenvalue weighted by Gasteiger charge is -2.28. The van der Waals surface area contributed by atoms with Gasteiger partial charge in [-0.05, 0) is 25.3 Å². The number of nitrogens with one attached hydrogen (secondary N) is 1. The second-order valence-corrected chi connectivity index (χ2v) is 5.13. The minimum Gasteiger partial charge on any atom is -0.342 e. The molecule has 3 heteroatoms. The molecule has 0 unspecified atom stereocenters. The van der Waals surface area contributed by atoms with E-state index in [1.165, 1.54) is 25.7 Å². The van der Waals surface area contributed by atoms with Gasteiger partial charge in [0.25, 0.3) is 0 Å². The molecule has 1 N–H and O–H groups in total. The van der Waals surface area contributed by atoms with Crippen LogP contribution in [0.5, 0.6) is 0 Å². The lowest BCUT2D eigenvalue weighted by atomic mass is 9.96. The number of hydrogen-bond donors (Lipinski definition) is 1. The average Bonchev–Trinajstić information content (AvgIpc) is 2.85. The maximum absolute atomic E-state index is 12.2. The zero-order chi connectivity index (χ0) is 10.8. The zero-order valence-corrected chi connectivity index (χ0v) is 9.83. The second kappa shape index (κ2) is 4.52. The first kappa shape index (κ1) is 10.9. The van der Waals surface area contributed by atoms with Crippen molar-refractivity contribution in [3.05, 3.63) is 0 Å². The minimum atomic E-state index is 0.218. The van der Waals surface area contributed by atoms with Crippen molar-refractivity contribution in [2.75, 3.05) is 20.1 Å². The SMILES string of the molecule is C[C@@H]1CNC[C@H]1C(=O)N(C)C1CCCC1. The summed E-state index contributed by atoms with van der Waals surface area (Å²) >= 11 is 0. The Balaban J connectivity index is 1.94. The monoisotopic (exact) mass is 210 g/mol. The molecule has 0 aromatic heterocycles. The van der Waals surface area contributed by atoms with Gasteiger partial charge in [0.2, 0.25) is 5.91 Å². The largest absolute Gasteiger partial charge is 0.342 e. The van der Waals surface area contributed by atoms with E-state index in [0.717, 1.165) is 13.1 Å². The summed E-state index contributed by atoms with van der Waals surface area (Å²) in [6, 6.07) is 0.519. The van der Waals surface area contributed by atoms with Crippen LogP contribution in [0.1, 0.15) is 32.6 Å². The number of carbonyl (C=O) groups is 1. The number of carbonyl (C=O) groups excluding carboxylic acids is 1. The predicted octanol–water partition coefficient (Wildman–Crippen LogP) is 1.24. The molecule has 0 radical (unpaired) electrons. The van der Waals surface area contributed by atoms with E-state index >= 15 is 0 Å². The molecule has 1 aliphatic carbocycles. The minimum absolute atomic E-state index is 0.218. The van der Waals surface area contributed by atoms with Crippen LogP contribution in [0.3, 0.4) is 0 Å². The molecular formula is C12H22N2O. The van der Waals surface area contributed by atoms with Gasteiger partial charge in [-0.2, -0.15) is 0 Å². The van der Waals surface area contributed by atoms with Gasteiger partial charge in [-0.15, -0.1) is 0 Å². The summed E-state index contributed by atoms with van der Waals surface area (Å²) in [5.74, 6) is 1.08. The van der Waals surface area contributed by atoms with Crippen molar-refractivity contribution >= 4 is 5.91 Å². The van der Waals surface area contributed by atoms with Gasteiger partial charge in [0.05, 0.1) is 5.92 Å². The van der Waals surface area contributed by atoms with Crippen molar-refractivity contribution in [3.63, 3.8) is 0 Å². The van der Waals surface area contributed by atoms with Crippen molar-refractivity contribution in [1.82, 2.24) is 10.2 Å². The van der Waals surface area contributed by atoms with E-state index in [1.54, 1.807) is 0 Å². The summed E-state index contributed by atoms with van der Waals surface area (Å²) in [5, 5.41) is 3.30. The van der Waals surface area contributed by atoms with Crippen LogP contribution in [-0.4, -0.2) is 37.0 Å². The Morgan fingerprint density at radius 3 is 2.47 bits per heavy atom. The van der Waals surface area contributed by atoms with E-state index in [4.69, 9.17) is 0 Å². The van der Waals surface area contributed by atoms with Gasteiger partial charge in [-0.3, -0.25) is 4.79 Å². The number of hydrogen-bond acceptors (Lipinski definition) is 2. The number of nitrogens with zero attached hydrogens (tertiary/aromatic N) is 1. The van der Waals surface area contributed by atoms with Gasteiger partial charge >= 0.3 is 0 Å². The van der Waals surface area contributed by atoms with Gasteiger partial charge in [0, 0.05) is 19.6 Å². The Bertz CT molecular complexity index is 236. The summed E-state index contributed by atoms with van der Waals surface area (Å²) in [4.78, 5) is 14.2. The van der Waals surface area contributed by atoms with Crippen LogP contribution in [0.15, 0.2) is 0 Å². The first-order chi connectivity index (χ1) is 7.20. The van der Waals surface area contributed by atoms with E-state index in [-0.39, 0.29) is 5.92 Å². The molecule has 0 aromatic rings. The van der Waals surface area contributed by atoms with Crippen molar-refractivity contribution < 1.29 is 4.79 Å². The number of rotatable bonds is 2. The summed E-state index contributed by atoms with van der Waals surface area (Å²) in [6.45, 7) is 4.04. The summed E-state index contributed by atoms with van der Waals surface area (Å²) in [5.41, 5.74) is 0. The Hall–Kier alpha value is -0.570. The molecule has 2 atom stereocenters. The Kier molecular flexibility index (Phi) is 3.29. The highest BCUT2D eigenvalue weighted by atomic mass is 16.2. The van der Waals surface area contributed by atoms with E-state index in [2.05, 4.69) is 12.2 Å². The Morgan fingerprint density at radius 2 is 1.93 bits per heavy atom. The topological polar surface area (TPSA) is 32.3 Å². The standard InChI is InChI=1S/C12H22N2O/c1-9-7-13-8-11(9)12(15)14(2)10-5-3-4-6-10/h9-11,13H,3-8H2,1-2H3/t9-,11-/m1/s1. The molecule has 1 heterocycles. The molecule has 1 aliphatic heterocycles. The molecule has 0 spiro atoms. The molecule has 1 amide bonds. The average molecular weight is 210 g/mol. The highest BCUT2D eigenvalue weighted by Crippen LogP contribution is 2.26. The van der Waals surface area contributed by atoms with Crippen LogP contribution >= 0.6 is 0 Å². The van der Waals surface area contributed by atoms with Crippen LogP contribution in [-0.2, 0) is 4.79 Å². The van der Waals surface area contributed by atoms with Crippen molar-refractivity contribution in [3.8, 4) is 0 Å². The molecule has 86 valence electrons. The molecule has 2 rings (SSSR count). The molecule has 0 aromatic carbocycles. The van der Waals surface area contributed by atoms with Gasteiger partial charge in [-0.1, -0.05) is 19.8 Å². The summed E-state index contributed by atoms with van der Waals surface area (Å²) < 4.78 is 0. The fourth-order valence-electron chi connectivity index (χ4n) is 2.87. The van der Waals surface area contributed by atoms with E-state index in [1.807, 2.05) is 11.9 Å². The van der Waals surface area contributed by atoms with E-state index < -0.39 is 0 Å². The molecule has 15 heavy (non-hydrogen) atoms. The van der Waals surface area contributed by atoms with E-state index in [0.29, 0.717) is 17.9 Å². The van der Waals surface area contributed by atoms with Gasteiger partial charge in [-0.25, -0.2) is 0 Å². The molecule has 1 saturated carbocycles. The molecule has 3 nitrogen and oxygen atoms in total. The van der Waals surface area contributed by atoms with Crippen molar-refractivity contribution in [2.24, 2.45) is 11.8 Å². The molecule has 1 saturated heterocycles. The molecule has 2 fully saturated rings. The van der Waals surface area contributed by atoms with Crippen LogP contribution < -0.4 is 5.32 Å². The fourth-order valence-corrected chi connectivity index (χ4v) is 2.87. The summed E-state index contributed by atoms with van der Waals surface area (Å²) in [6.07, 6.45) is 5.00. The quantitative estimate of drug-likeness (QED) is 0.744. The van der Waals surface area contributed by atoms with Crippen LogP contribution in [0.4, 0.5) is 0 Å².